The maximum absolute atomic E-state index is 12.6. The molecule has 0 bridgehead atoms. The van der Waals surface area contributed by atoms with E-state index in [1.807, 2.05) is 30.3 Å². The van der Waals surface area contributed by atoms with Crippen molar-refractivity contribution in [3.63, 3.8) is 0 Å². The number of rotatable bonds is 3. The molecule has 4 rings (SSSR count). The zero-order valence-electron chi connectivity index (χ0n) is 14.4. The number of pyridine rings is 1. The van der Waals surface area contributed by atoms with Gasteiger partial charge in [-0.15, -0.1) is 0 Å². The van der Waals surface area contributed by atoms with E-state index in [2.05, 4.69) is 20.9 Å². The first-order chi connectivity index (χ1) is 12.7. The van der Waals surface area contributed by atoms with Gasteiger partial charge in [-0.25, -0.2) is 9.97 Å². The summed E-state index contributed by atoms with van der Waals surface area (Å²) in [6.45, 7) is 2.45. The maximum atomic E-state index is 12.6. The summed E-state index contributed by atoms with van der Waals surface area (Å²) >= 11 is 0. The summed E-state index contributed by atoms with van der Waals surface area (Å²) in [6.07, 6.45) is 5.31. The highest BCUT2D eigenvalue weighted by Gasteiger charge is 2.21. The van der Waals surface area contributed by atoms with Gasteiger partial charge in [-0.05, 0) is 43.0 Å². The maximum Gasteiger partial charge on any atom is 0.261 e. The fourth-order valence-electron chi connectivity index (χ4n) is 3.52. The first-order valence-corrected chi connectivity index (χ1v) is 8.80. The average Bonchev–Trinajstić information content (AvgIpc) is 2.71. The Morgan fingerprint density at radius 1 is 1.15 bits per heavy atom. The number of nitriles is 1. The van der Waals surface area contributed by atoms with Gasteiger partial charge in [0.1, 0.15) is 5.82 Å². The van der Waals surface area contributed by atoms with Crippen molar-refractivity contribution >= 4 is 16.7 Å². The summed E-state index contributed by atoms with van der Waals surface area (Å²) in [6, 6.07) is 13.2. The van der Waals surface area contributed by atoms with Crippen molar-refractivity contribution in [1.82, 2.24) is 14.5 Å². The largest absolute Gasteiger partial charge is 0.357 e. The van der Waals surface area contributed by atoms with E-state index in [-0.39, 0.29) is 5.56 Å². The Hall–Kier alpha value is -3.20. The highest BCUT2D eigenvalue weighted by molar-refractivity contribution is 5.76. The molecule has 0 amide bonds. The fraction of sp³-hybridized carbons (Fsp3) is 0.300. The Balaban J connectivity index is 1.45. The molecule has 0 N–H and O–H groups in total. The molecule has 0 saturated carbocycles. The molecule has 3 heterocycles. The van der Waals surface area contributed by atoms with Crippen molar-refractivity contribution in [2.24, 2.45) is 5.92 Å². The van der Waals surface area contributed by atoms with Crippen LogP contribution in [0.15, 0.2) is 53.7 Å². The molecule has 1 aromatic carbocycles. The van der Waals surface area contributed by atoms with Crippen LogP contribution in [-0.4, -0.2) is 27.6 Å². The second kappa shape index (κ2) is 6.96. The Morgan fingerprint density at radius 2 is 1.96 bits per heavy atom. The molecule has 2 aromatic heterocycles. The third-order valence-electron chi connectivity index (χ3n) is 5.00. The molecule has 1 fully saturated rings. The standard InChI is InChI=1S/C20H19N5O/c21-12-16-5-8-22-19(11-16)24-9-6-15(7-10-24)13-25-14-23-18-4-2-1-3-17(18)20(25)26/h1-5,8,11,14-15H,6-7,9-10,13H2. The Morgan fingerprint density at radius 3 is 2.77 bits per heavy atom. The van der Waals surface area contributed by atoms with Gasteiger partial charge in [0.05, 0.1) is 28.9 Å². The van der Waals surface area contributed by atoms with Crippen LogP contribution >= 0.6 is 0 Å². The summed E-state index contributed by atoms with van der Waals surface area (Å²) in [5.41, 5.74) is 1.40. The highest BCUT2D eigenvalue weighted by Crippen LogP contribution is 2.23. The molecular formula is C20H19N5O. The molecule has 26 heavy (non-hydrogen) atoms. The van der Waals surface area contributed by atoms with Gasteiger partial charge in [-0.1, -0.05) is 12.1 Å². The number of hydrogen-bond donors (Lipinski definition) is 0. The predicted molar refractivity (Wildman–Crippen MR) is 99.9 cm³/mol. The molecule has 1 aliphatic rings. The molecule has 1 aliphatic heterocycles. The highest BCUT2D eigenvalue weighted by atomic mass is 16.1. The molecule has 0 spiro atoms. The lowest BCUT2D eigenvalue weighted by atomic mass is 9.96. The SMILES string of the molecule is N#Cc1ccnc(N2CCC(Cn3cnc4ccccc4c3=O)CC2)c1. The van der Waals surface area contributed by atoms with Gasteiger partial charge in [0.25, 0.3) is 5.56 Å². The lowest BCUT2D eigenvalue weighted by Crippen LogP contribution is -2.36. The quantitative estimate of drug-likeness (QED) is 0.729. The van der Waals surface area contributed by atoms with Gasteiger partial charge < -0.3 is 4.90 Å². The van der Waals surface area contributed by atoms with Gasteiger partial charge in [-0.2, -0.15) is 5.26 Å². The van der Waals surface area contributed by atoms with E-state index in [4.69, 9.17) is 5.26 Å². The van der Waals surface area contributed by atoms with Crippen LogP contribution in [0.1, 0.15) is 18.4 Å². The zero-order chi connectivity index (χ0) is 17.9. The zero-order valence-corrected chi connectivity index (χ0v) is 14.4. The summed E-state index contributed by atoms with van der Waals surface area (Å²) in [5.74, 6) is 1.29. The van der Waals surface area contributed by atoms with Crippen LogP contribution in [0.5, 0.6) is 0 Å². The third-order valence-corrected chi connectivity index (χ3v) is 5.00. The van der Waals surface area contributed by atoms with E-state index in [0.29, 0.717) is 23.4 Å². The van der Waals surface area contributed by atoms with E-state index in [0.717, 1.165) is 37.3 Å². The molecule has 0 atom stereocenters. The minimum Gasteiger partial charge on any atom is -0.357 e. The van der Waals surface area contributed by atoms with Gasteiger partial charge in [0.2, 0.25) is 0 Å². The molecule has 6 nitrogen and oxygen atoms in total. The number of aromatic nitrogens is 3. The van der Waals surface area contributed by atoms with Crippen molar-refractivity contribution in [3.05, 3.63) is 64.8 Å². The van der Waals surface area contributed by atoms with Crippen molar-refractivity contribution in [1.29, 1.82) is 5.26 Å². The monoisotopic (exact) mass is 345 g/mol. The number of fused-ring (bicyclic) bond motifs is 1. The first-order valence-electron chi connectivity index (χ1n) is 8.80. The van der Waals surface area contributed by atoms with Crippen molar-refractivity contribution in [2.75, 3.05) is 18.0 Å². The summed E-state index contributed by atoms with van der Waals surface area (Å²) in [4.78, 5) is 23.6. The number of anilines is 1. The fourth-order valence-corrected chi connectivity index (χ4v) is 3.52. The Kier molecular flexibility index (Phi) is 4.36. The minimum atomic E-state index is 0.0291. The molecule has 3 aromatic rings. The van der Waals surface area contributed by atoms with Crippen LogP contribution in [0, 0.1) is 17.2 Å². The Bertz CT molecular complexity index is 1030. The number of piperidine rings is 1. The molecule has 0 unspecified atom stereocenters. The van der Waals surface area contributed by atoms with Gasteiger partial charge in [-0.3, -0.25) is 9.36 Å². The molecule has 130 valence electrons. The summed E-state index contributed by atoms with van der Waals surface area (Å²) in [7, 11) is 0. The number of hydrogen-bond acceptors (Lipinski definition) is 5. The van der Waals surface area contributed by atoms with E-state index in [1.54, 1.807) is 23.2 Å². The minimum absolute atomic E-state index is 0.0291. The lowest BCUT2D eigenvalue weighted by molar-refractivity contribution is 0.351. The average molecular weight is 345 g/mol. The van der Waals surface area contributed by atoms with Crippen LogP contribution in [0.4, 0.5) is 5.82 Å². The van der Waals surface area contributed by atoms with Crippen molar-refractivity contribution in [3.8, 4) is 6.07 Å². The summed E-state index contributed by atoms with van der Waals surface area (Å²) < 4.78 is 1.73. The van der Waals surface area contributed by atoms with Crippen LogP contribution < -0.4 is 10.5 Å². The van der Waals surface area contributed by atoms with E-state index in [1.165, 1.54) is 0 Å². The Labute approximate surface area is 151 Å². The third kappa shape index (κ3) is 3.16. The van der Waals surface area contributed by atoms with Gasteiger partial charge in [0, 0.05) is 25.8 Å². The van der Waals surface area contributed by atoms with E-state index in [9.17, 15) is 4.79 Å². The van der Waals surface area contributed by atoms with Gasteiger partial charge in [0.15, 0.2) is 0 Å². The predicted octanol–water partition coefficient (Wildman–Crippen LogP) is 2.58. The molecule has 0 aliphatic carbocycles. The second-order valence-corrected chi connectivity index (χ2v) is 6.66. The normalized spacial score (nSPS) is 15.1. The topological polar surface area (TPSA) is 74.8 Å². The molecule has 1 saturated heterocycles. The second-order valence-electron chi connectivity index (χ2n) is 6.66. The van der Waals surface area contributed by atoms with Crippen LogP contribution in [0.2, 0.25) is 0 Å². The number of benzene rings is 1. The van der Waals surface area contributed by atoms with E-state index >= 15 is 0 Å². The van der Waals surface area contributed by atoms with Crippen molar-refractivity contribution < 1.29 is 0 Å². The first kappa shape index (κ1) is 16.3. The van der Waals surface area contributed by atoms with Crippen LogP contribution in [0.25, 0.3) is 10.9 Å². The lowest BCUT2D eigenvalue weighted by Gasteiger charge is -2.33. The van der Waals surface area contributed by atoms with Crippen molar-refractivity contribution in [2.45, 2.75) is 19.4 Å². The van der Waals surface area contributed by atoms with Crippen LogP contribution in [-0.2, 0) is 6.54 Å². The van der Waals surface area contributed by atoms with Gasteiger partial charge >= 0.3 is 0 Å². The summed E-state index contributed by atoms with van der Waals surface area (Å²) in [5, 5.41) is 9.70. The molecule has 0 radical (unpaired) electrons. The number of nitrogens with zero attached hydrogens (tertiary/aromatic N) is 5. The smallest absolute Gasteiger partial charge is 0.261 e. The number of para-hydroxylation sites is 1. The molecule has 6 heteroatoms. The van der Waals surface area contributed by atoms with E-state index < -0.39 is 0 Å². The molecular weight excluding hydrogens is 326 g/mol. The van der Waals surface area contributed by atoms with Crippen LogP contribution in [0.3, 0.4) is 0 Å².